The fraction of sp³-hybridized carbons (Fsp3) is 0. The molecule has 0 unspecified atom stereocenters. The van der Waals surface area contributed by atoms with Crippen molar-refractivity contribution in [2.75, 3.05) is 0 Å². The molecule has 0 aliphatic heterocycles. The third kappa shape index (κ3) is 4.60. The minimum atomic E-state index is -0.508. The van der Waals surface area contributed by atoms with E-state index in [-0.39, 0.29) is 40.6 Å². The Balaban J connectivity index is 1.24. The van der Waals surface area contributed by atoms with Gasteiger partial charge >= 0.3 is 0 Å². The van der Waals surface area contributed by atoms with Crippen molar-refractivity contribution in [1.82, 2.24) is 19.5 Å². The molecule has 50 heavy (non-hydrogen) atoms. The van der Waals surface area contributed by atoms with Crippen molar-refractivity contribution in [3.8, 4) is 51.0 Å². The maximum absolute atomic E-state index is 9.11. The number of para-hydroxylation sites is 2. The molecule has 3 aromatic heterocycles. The summed E-state index contributed by atoms with van der Waals surface area (Å²) in [5.74, 6) is 1.21. The molecule has 0 saturated heterocycles. The lowest BCUT2D eigenvalue weighted by molar-refractivity contribution is 0.669. The number of rotatable bonds is 5. The summed E-state index contributed by atoms with van der Waals surface area (Å²) in [5.41, 5.74) is 5.01. The van der Waals surface area contributed by atoms with Gasteiger partial charge in [0.25, 0.3) is 0 Å². The molecule has 234 valence electrons. The van der Waals surface area contributed by atoms with Crippen LogP contribution in [0.15, 0.2) is 174 Å². The molecule has 0 atom stereocenters. The third-order valence-corrected chi connectivity index (χ3v) is 8.86. The second-order valence-corrected chi connectivity index (χ2v) is 11.8. The first-order valence-electron chi connectivity index (χ1n) is 20.5. The topological polar surface area (TPSA) is 56.7 Å². The normalized spacial score (nSPS) is 14.1. The van der Waals surface area contributed by atoms with Crippen LogP contribution >= 0.6 is 0 Å². The van der Waals surface area contributed by atoms with Gasteiger partial charge in [0.2, 0.25) is 0 Å². The van der Waals surface area contributed by atoms with Crippen molar-refractivity contribution in [2.24, 2.45) is 0 Å². The fourth-order valence-electron chi connectivity index (χ4n) is 6.62. The Hall–Kier alpha value is -6.85. The van der Waals surface area contributed by atoms with E-state index in [2.05, 4.69) is 0 Å². The first-order chi connectivity index (χ1) is 28.5. The van der Waals surface area contributed by atoms with Gasteiger partial charge < -0.3 is 8.98 Å². The van der Waals surface area contributed by atoms with Crippen molar-refractivity contribution < 1.29 is 16.8 Å². The van der Waals surface area contributed by atoms with Crippen LogP contribution in [-0.4, -0.2) is 19.5 Å². The highest BCUT2D eigenvalue weighted by Crippen LogP contribution is 2.38. The summed E-state index contributed by atoms with van der Waals surface area (Å²) in [4.78, 5) is 15.0. The molecule has 0 saturated carbocycles. The molecule has 0 radical (unpaired) electrons. The molecule has 0 fully saturated rings. The van der Waals surface area contributed by atoms with Gasteiger partial charge in [0, 0.05) is 43.9 Å². The Bertz CT molecular complexity index is 3370. The predicted molar refractivity (Wildman–Crippen MR) is 203 cm³/mol. The van der Waals surface area contributed by atoms with E-state index in [0.717, 1.165) is 27.5 Å². The van der Waals surface area contributed by atoms with Gasteiger partial charge in [-0.05, 0) is 47.5 Å². The molecule has 0 spiro atoms. The lowest BCUT2D eigenvalue weighted by atomic mass is 10.0. The summed E-state index contributed by atoms with van der Waals surface area (Å²) < 4.78 is 85.2. The van der Waals surface area contributed by atoms with E-state index in [1.54, 1.807) is 28.8 Å². The van der Waals surface area contributed by atoms with E-state index in [0.29, 0.717) is 50.8 Å². The van der Waals surface area contributed by atoms with Gasteiger partial charge in [0.05, 0.1) is 23.4 Å². The molecule has 0 aliphatic rings. The number of hydrogen-bond donors (Lipinski definition) is 0. The summed E-state index contributed by atoms with van der Waals surface area (Å²) in [6.07, 6.45) is 0. The second kappa shape index (κ2) is 11.4. The molecular formula is C45H28N4O. The molecule has 5 nitrogen and oxygen atoms in total. The highest BCUT2D eigenvalue weighted by Gasteiger charge is 2.19. The number of fused-ring (bicyclic) bond motifs is 6. The van der Waals surface area contributed by atoms with Crippen molar-refractivity contribution in [3.63, 3.8) is 0 Å². The van der Waals surface area contributed by atoms with Crippen molar-refractivity contribution in [2.45, 2.75) is 0 Å². The van der Waals surface area contributed by atoms with Crippen LogP contribution in [-0.2, 0) is 0 Å². The largest absolute Gasteiger partial charge is 0.456 e. The molecule has 0 N–H and O–H groups in total. The van der Waals surface area contributed by atoms with E-state index >= 15 is 0 Å². The first kappa shape index (κ1) is 20.5. The lowest BCUT2D eigenvalue weighted by Gasteiger charge is -2.12. The lowest BCUT2D eigenvalue weighted by Crippen LogP contribution is -2.01. The quantitative estimate of drug-likeness (QED) is 0.186. The molecule has 3 heterocycles. The van der Waals surface area contributed by atoms with Crippen LogP contribution in [0.25, 0.3) is 94.7 Å². The van der Waals surface area contributed by atoms with E-state index < -0.39 is 30.2 Å². The zero-order valence-corrected chi connectivity index (χ0v) is 26.2. The van der Waals surface area contributed by atoms with Crippen LogP contribution in [0.3, 0.4) is 0 Å². The van der Waals surface area contributed by atoms with E-state index in [4.69, 9.17) is 31.7 Å². The Morgan fingerprint density at radius 1 is 0.460 bits per heavy atom. The second-order valence-electron chi connectivity index (χ2n) is 11.8. The Morgan fingerprint density at radius 3 is 2.08 bits per heavy atom. The van der Waals surface area contributed by atoms with Crippen LogP contribution in [0.2, 0.25) is 0 Å². The maximum atomic E-state index is 9.11. The van der Waals surface area contributed by atoms with Gasteiger partial charge in [0.15, 0.2) is 17.5 Å². The number of furan rings is 1. The Morgan fingerprint density at radius 2 is 1.18 bits per heavy atom. The average Bonchev–Trinajstić information content (AvgIpc) is 3.83. The summed E-state index contributed by atoms with van der Waals surface area (Å²) in [7, 11) is 0. The van der Waals surface area contributed by atoms with Gasteiger partial charge in [-0.25, -0.2) is 15.0 Å². The van der Waals surface area contributed by atoms with Gasteiger partial charge in [-0.1, -0.05) is 133 Å². The Kier molecular flexibility index (Phi) is 4.67. The molecule has 10 aromatic rings. The van der Waals surface area contributed by atoms with Gasteiger partial charge in [-0.3, -0.25) is 0 Å². The van der Waals surface area contributed by atoms with Crippen molar-refractivity contribution in [3.05, 3.63) is 170 Å². The Labute approximate surface area is 300 Å². The maximum Gasteiger partial charge on any atom is 0.164 e. The average molecular weight is 650 g/mol. The van der Waals surface area contributed by atoms with Gasteiger partial charge in [-0.15, -0.1) is 0 Å². The summed E-state index contributed by atoms with van der Waals surface area (Å²) in [5, 5.41) is 2.55. The van der Waals surface area contributed by atoms with E-state index in [1.807, 2.05) is 91.0 Å². The van der Waals surface area contributed by atoms with Crippen LogP contribution in [0, 0.1) is 0 Å². The monoisotopic (exact) mass is 649 g/mol. The smallest absolute Gasteiger partial charge is 0.164 e. The summed E-state index contributed by atoms with van der Waals surface area (Å²) >= 11 is 0. The minimum Gasteiger partial charge on any atom is -0.456 e. The highest BCUT2D eigenvalue weighted by molar-refractivity contribution is 6.12. The standard InChI is InChI=1S/C45H28N4O/c1-3-13-29(14-4-1)31-25-26-35-34-19-7-9-22-38(34)49(39(35)28-31)33-18-11-17-32(27-33)44-46-43(30-15-5-2-6-16-30)47-45(48-44)37-21-12-24-41-42(37)36-20-8-10-23-40(36)50-41/h1-28H/i1D,3D,4D,7D,9D,13D,14D,19D,22D. The molecule has 0 aliphatic carbocycles. The van der Waals surface area contributed by atoms with Crippen LogP contribution in [0.4, 0.5) is 0 Å². The van der Waals surface area contributed by atoms with Crippen LogP contribution in [0.5, 0.6) is 0 Å². The summed E-state index contributed by atoms with van der Waals surface area (Å²) in [6, 6.07) is 31.9. The van der Waals surface area contributed by atoms with Gasteiger partial charge in [0.1, 0.15) is 11.2 Å². The molecule has 0 bridgehead atoms. The zero-order valence-electron chi connectivity index (χ0n) is 35.2. The molecule has 7 aromatic carbocycles. The van der Waals surface area contributed by atoms with E-state index in [9.17, 15) is 0 Å². The van der Waals surface area contributed by atoms with Crippen molar-refractivity contribution >= 4 is 43.7 Å². The SMILES string of the molecule is [2H]c1c([2H])c([2H])c(-c2ccc3c4c([2H])c([2H])c([2H])c([2H])c4n(-c4cccc(-c5nc(-c6ccccc6)nc(-c6cccc7oc8ccccc8c67)n5)c4)c3c2)c([2H])c1[2H]. The third-order valence-electron chi connectivity index (χ3n) is 8.86. The first-order valence-corrected chi connectivity index (χ1v) is 16.0. The molecule has 10 rings (SSSR count). The van der Waals surface area contributed by atoms with Gasteiger partial charge in [-0.2, -0.15) is 0 Å². The highest BCUT2D eigenvalue weighted by atomic mass is 16.3. The molecular weight excluding hydrogens is 613 g/mol. The van der Waals surface area contributed by atoms with Crippen LogP contribution < -0.4 is 0 Å². The summed E-state index contributed by atoms with van der Waals surface area (Å²) in [6.45, 7) is 0. The molecule has 5 heteroatoms. The predicted octanol–water partition coefficient (Wildman–Crippen LogP) is 11.5. The number of hydrogen-bond acceptors (Lipinski definition) is 4. The number of benzene rings is 7. The van der Waals surface area contributed by atoms with Crippen LogP contribution in [0.1, 0.15) is 12.3 Å². The van der Waals surface area contributed by atoms with Crippen molar-refractivity contribution in [1.29, 1.82) is 0 Å². The van der Waals surface area contributed by atoms with E-state index in [1.165, 1.54) is 0 Å². The fourth-order valence-corrected chi connectivity index (χ4v) is 6.62. The zero-order chi connectivity index (χ0) is 40.9. The number of aromatic nitrogens is 4. The number of nitrogens with zero attached hydrogens (tertiary/aromatic N) is 4. The minimum absolute atomic E-state index is 0.00501. The molecule has 0 amide bonds.